The Kier molecular flexibility index (Phi) is 6.34. The van der Waals surface area contributed by atoms with Crippen LogP contribution in [0.4, 0.5) is 5.69 Å². The maximum Gasteiger partial charge on any atom is 0.260 e. The number of thioether (sulfide) groups is 2. The molecule has 0 saturated carbocycles. The molecule has 2 rings (SSSR count). The lowest BCUT2D eigenvalue weighted by Crippen LogP contribution is -2.37. The second-order valence-corrected chi connectivity index (χ2v) is 7.85. The Morgan fingerprint density at radius 1 is 1.13 bits per heavy atom. The third kappa shape index (κ3) is 3.82. The van der Waals surface area contributed by atoms with E-state index in [-0.39, 0.29) is 31.4 Å². The van der Waals surface area contributed by atoms with Gasteiger partial charge in [-0.15, -0.1) is 23.5 Å². The lowest BCUT2D eigenvalue weighted by molar-refractivity contribution is -0.121. The van der Waals surface area contributed by atoms with E-state index in [1.165, 1.54) is 28.4 Å². The van der Waals surface area contributed by atoms with Gasteiger partial charge in [0.15, 0.2) is 0 Å². The number of anilines is 1. The van der Waals surface area contributed by atoms with E-state index in [1.807, 2.05) is 0 Å². The smallest absolute Gasteiger partial charge is 0.260 e. The van der Waals surface area contributed by atoms with E-state index >= 15 is 0 Å². The molecular formula is C15H19NO5S2. The standard InChI is InChI=1S/C15H19NO5S2/c1-21-12-4-2-11(3-5-12)16-13(19)10-15(14(16)20,22-8-6-17)23-9-7-18/h2-5,17-18H,6-10H2,1H3. The Hall–Kier alpha value is -1.22. The van der Waals surface area contributed by atoms with Crippen molar-refractivity contribution in [3.8, 4) is 5.75 Å². The first-order chi connectivity index (χ1) is 11.1. The van der Waals surface area contributed by atoms with E-state index in [0.717, 1.165) is 0 Å². The highest BCUT2D eigenvalue weighted by atomic mass is 32.2. The SMILES string of the molecule is COc1ccc(N2C(=O)CC(SCCO)(SCCO)C2=O)cc1. The van der Waals surface area contributed by atoms with Crippen LogP contribution in [0.3, 0.4) is 0 Å². The molecule has 0 radical (unpaired) electrons. The summed E-state index contributed by atoms with van der Waals surface area (Å²) < 4.78 is 4.10. The molecule has 0 unspecified atom stereocenters. The number of carbonyl (C=O) groups is 2. The summed E-state index contributed by atoms with van der Waals surface area (Å²) in [4.78, 5) is 26.5. The zero-order chi connectivity index (χ0) is 16.9. The van der Waals surface area contributed by atoms with Gasteiger partial charge in [0.05, 0.1) is 32.4 Å². The van der Waals surface area contributed by atoms with Gasteiger partial charge in [0, 0.05) is 11.5 Å². The summed E-state index contributed by atoms with van der Waals surface area (Å²) in [6.45, 7) is -0.147. The zero-order valence-corrected chi connectivity index (χ0v) is 14.4. The number of aliphatic hydroxyl groups is 2. The fourth-order valence-electron chi connectivity index (χ4n) is 2.32. The Morgan fingerprint density at radius 2 is 1.70 bits per heavy atom. The fourth-order valence-corrected chi connectivity index (χ4v) is 4.87. The van der Waals surface area contributed by atoms with Crippen LogP contribution in [0.1, 0.15) is 6.42 Å². The van der Waals surface area contributed by atoms with Gasteiger partial charge in [-0.1, -0.05) is 0 Å². The molecule has 0 atom stereocenters. The number of amides is 2. The number of hydrogen-bond acceptors (Lipinski definition) is 7. The van der Waals surface area contributed by atoms with Gasteiger partial charge < -0.3 is 14.9 Å². The Morgan fingerprint density at radius 3 is 2.17 bits per heavy atom. The van der Waals surface area contributed by atoms with Crippen molar-refractivity contribution in [1.29, 1.82) is 0 Å². The summed E-state index contributed by atoms with van der Waals surface area (Å²) in [5.74, 6) is 0.756. The van der Waals surface area contributed by atoms with Crippen LogP contribution in [0.25, 0.3) is 0 Å². The third-order valence-corrected chi connectivity index (χ3v) is 6.40. The van der Waals surface area contributed by atoms with Crippen LogP contribution in [0.5, 0.6) is 5.75 Å². The summed E-state index contributed by atoms with van der Waals surface area (Å²) in [7, 11) is 1.54. The Balaban J connectivity index is 2.27. The van der Waals surface area contributed by atoms with Gasteiger partial charge in [0.2, 0.25) is 5.91 Å². The highest BCUT2D eigenvalue weighted by Gasteiger charge is 2.52. The number of ether oxygens (including phenoxy) is 1. The van der Waals surface area contributed by atoms with Gasteiger partial charge in [-0.2, -0.15) is 0 Å². The summed E-state index contributed by atoms with van der Waals surface area (Å²) >= 11 is 2.51. The van der Waals surface area contributed by atoms with Crippen LogP contribution in [0.2, 0.25) is 0 Å². The minimum absolute atomic E-state index is 0.0488. The first-order valence-electron chi connectivity index (χ1n) is 7.09. The first-order valence-corrected chi connectivity index (χ1v) is 9.06. The van der Waals surface area contributed by atoms with Crippen molar-refractivity contribution in [3.05, 3.63) is 24.3 Å². The third-order valence-electron chi connectivity index (χ3n) is 3.35. The minimum Gasteiger partial charge on any atom is -0.497 e. The van der Waals surface area contributed by atoms with Crippen LogP contribution in [0.15, 0.2) is 24.3 Å². The van der Waals surface area contributed by atoms with E-state index in [9.17, 15) is 9.59 Å². The van der Waals surface area contributed by atoms with Crippen molar-refractivity contribution in [2.45, 2.75) is 10.5 Å². The highest BCUT2D eigenvalue weighted by Crippen LogP contribution is 2.47. The molecule has 2 N–H and O–H groups in total. The molecule has 1 aromatic rings. The van der Waals surface area contributed by atoms with Crippen LogP contribution < -0.4 is 9.64 Å². The van der Waals surface area contributed by atoms with Crippen molar-refractivity contribution in [2.75, 3.05) is 36.7 Å². The van der Waals surface area contributed by atoms with Crippen LogP contribution in [-0.2, 0) is 9.59 Å². The molecule has 1 aliphatic rings. The molecule has 8 heteroatoms. The molecule has 0 spiro atoms. The first kappa shape index (κ1) is 18.1. The molecule has 126 valence electrons. The second kappa shape index (κ2) is 8.05. The molecule has 1 saturated heterocycles. The lowest BCUT2D eigenvalue weighted by atomic mass is 10.3. The Bertz CT molecular complexity index is 555. The van der Waals surface area contributed by atoms with E-state index in [1.54, 1.807) is 31.4 Å². The normalized spacial score (nSPS) is 16.9. The van der Waals surface area contributed by atoms with Crippen molar-refractivity contribution in [3.63, 3.8) is 0 Å². The summed E-state index contributed by atoms with van der Waals surface area (Å²) in [5, 5.41) is 18.1. The van der Waals surface area contributed by atoms with E-state index in [0.29, 0.717) is 22.9 Å². The van der Waals surface area contributed by atoms with Gasteiger partial charge >= 0.3 is 0 Å². The van der Waals surface area contributed by atoms with Gasteiger partial charge in [-0.05, 0) is 24.3 Å². The van der Waals surface area contributed by atoms with Crippen LogP contribution in [-0.4, -0.2) is 57.9 Å². The van der Waals surface area contributed by atoms with Crippen molar-refractivity contribution >= 4 is 41.0 Å². The molecule has 2 amide bonds. The predicted molar refractivity (Wildman–Crippen MR) is 91.9 cm³/mol. The molecule has 0 aliphatic carbocycles. The molecule has 1 heterocycles. The molecule has 0 aromatic heterocycles. The molecule has 1 fully saturated rings. The van der Waals surface area contributed by atoms with Gasteiger partial charge in [-0.25, -0.2) is 4.90 Å². The lowest BCUT2D eigenvalue weighted by Gasteiger charge is -2.25. The second-order valence-electron chi connectivity index (χ2n) is 4.81. The van der Waals surface area contributed by atoms with Gasteiger partial charge in [0.25, 0.3) is 5.91 Å². The van der Waals surface area contributed by atoms with E-state index < -0.39 is 4.08 Å². The quantitative estimate of drug-likeness (QED) is 0.532. The molecular weight excluding hydrogens is 338 g/mol. The van der Waals surface area contributed by atoms with Crippen LogP contribution >= 0.6 is 23.5 Å². The van der Waals surface area contributed by atoms with Crippen molar-refractivity contribution < 1.29 is 24.5 Å². The Labute approximate surface area is 143 Å². The number of carbonyl (C=O) groups excluding carboxylic acids is 2. The predicted octanol–water partition coefficient (Wildman–Crippen LogP) is 1.11. The number of aliphatic hydroxyl groups excluding tert-OH is 2. The van der Waals surface area contributed by atoms with Gasteiger partial charge in [-0.3, -0.25) is 9.59 Å². The van der Waals surface area contributed by atoms with E-state index in [4.69, 9.17) is 14.9 Å². The number of imide groups is 1. The molecule has 0 bridgehead atoms. The number of methoxy groups -OCH3 is 1. The molecule has 6 nitrogen and oxygen atoms in total. The van der Waals surface area contributed by atoms with Crippen LogP contribution in [0, 0.1) is 0 Å². The fraction of sp³-hybridized carbons (Fsp3) is 0.467. The average Bonchev–Trinajstić information content (AvgIpc) is 2.82. The maximum atomic E-state index is 12.9. The minimum atomic E-state index is -0.984. The molecule has 1 aromatic carbocycles. The topological polar surface area (TPSA) is 87.1 Å². The number of benzene rings is 1. The zero-order valence-electron chi connectivity index (χ0n) is 12.7. The summed E-state index contributed by atoms with van der Waals surface area (Å²) in [5.41, 5.74) is 0.497. The monoisotopic (exact) mass is 357 g/mol. The number of nitrogens with zero attached hydrogens (tertiary/aromatic N) is 1. The summed E-state index contributed by atoms with van der Waals surface area (Å²) in [6, 6.07) is 6.71. The van der Waals surface area contributed by atoms with Crippen molar-refractivity contribution in [2.24, 2.45) is 0 Å². The highest BCUT2D eigenvalue weighted by molar-refractivity contribution is 8.19. The molecule has 1 aliphatic heterocycles. The summed E-state index contributed by atoms with van der Waals surface area (Å²) in [6.07, 6.45) is 0.0488. The maximum absolute atomic E-state index is 12.9. The number of hydrogen-bond donors (Lipinski definition) is 2. The molecule has 23 heavy (non-hydrogen) atoms. The largest absolute Gasteiger partial charge is 0.497 e. The van der Waals surface area contributed by atoms with Crippen molar-refractivity contribution in [1.82, 2.24) is 0 Å². The van der Waals surface area contributed by atoms with E-state index in [2.05, 4.69) is 0 Å². The average molecular weight is 357 g/mol. The number of rotatable bonds is 8. The van der Waals surface area contributed by atoms with Gasteiger partial charge in [0.1, 0.15) is 9.83 Å².